The lowest BCUT2D eigenvalue weighted by Crippen LogP contribution is -1.97. The van der Waals surface area contributed by atoms with Crippen LogP contribution in [0.4, 0.5) is 0 Å². The molecule has 0 bridgehead atoms. The lowest BCUT2D eigenvalue weighted by molar-refractivity contribution is 0.282. The summed E-state index contributed by atoms with van der Waals surface area (Å²) in [5.41, 5.74) is 4.63. The van der Waals surface area contributed by atoms with Crippen molar-refractivity contribution in [2.45, 2.75) is 33.4 Å². The van der Waals surface area contributed by atoms with Crippen molar-refractivity contribution in [1.82, 2.24) is 14.7 Å². The summed E-state index contributed by atoms with van der Waals surface area (Å²) in [5, 5.41) is 15.1. The first kappa shape index (κ1) is 17.8. The molecule has 2 aromatic carbocycles. The second-order valence-electron chi connectivity index (χ2n) is 6.94. The average molecular weight is 382 g/mol. The van der Waals surface area contributed by atoms with Gasteiger partial charge in [0, 0.05) is 34.3 Å². The third kappa shape index (κ3) is 3.13. The maximum Gasteiger partial charge on any atom is 0.258 e. The van der Waals surface area contributed by atoms with Crippen LogP contribution in [0.25, 0.3) is 33.7 Å². The highest BCUT2D eigenvalue weighted by Crippen LogP contribution is 2.32. The van der Waals surface area contributed by atoms with Crippen LogP contribution in [0.1, 0.15) is 31.0 Å². The normalized spacial score (nSPS) is 11.6. The molecule has 138 valence electrons. The summed E-state index contributed by atoms with van der Waals surface area (Å²) in [7, 11) is 0. The lowest BCUT2D eigenvalue weighted by atomic mass is 10.1. The Labute approximate surface area is 162 Å². The molecule has 5 nitrogen and oxygen atoms in total. The number of halogens is 1. The fourth-order valence-electron chi connectivity index (χ4n) is 3.30. The van der Waals surface area contributed by atoms with E-state index < -0.39 is 0 Å². The Balaban J connectivity index is 1.74. The number of aliphatic hydroxyl groups excluding tert-OH is 1. The van der Waals surface area contributed by atoms with Gasteiger partial charge in [0.05, 0.1) is 11.6 Å². The van der Waals surface area contributed by atoms with Crippen LogP contribution in [0.3, 0.4) is 0 Å². The van der Waals surface area contributed by atoms with Gasteiger partial charge < -0.3 is 14.2 Å². The number of aliphatic hydroxyl groups is 1. The van der Waals surface area contributed by atoms with Gasteiger partial charge in [0.2, 0.25) is 5.82 Å². The molecule has 0 saturated heterocycles. The highest BCUT2D eigenvalue weighted by Gasteiger charge is 2.15. The summed E-state index contributed by atoms with van der Waals surface area (Å²) in [6, 6.07) is 12.0. The maximum absolute atomic E-state index is 9.26. The van der Waals surface area contributed by atoms with Gasteiger partial charge in [0.1, 0.15) is 0 Å². The Bertz CT molecular complexity index is 1130. The van der Waals surface area contributed by atoms with E-state index in [1.807, 2.05) is 49.5 Å². The van der Waals surface area contributed by atoms with Crippen molar-refractivity contribution >= 4 is 22.5 Å². The minimum Gasteiger partial charge on any atom is -0.392 e. The first-order chi connectivity index (χ1) is 13.0. The van der Waals surface area contributed by atoms with Crippen LogP contribution in [0, 0.1) is 6.92 Å². The van der Waals surface area contributed by atoms with Gasteiger partial charge in [-0.1, -0.05) is 35.0 Å². The van der Waals surface area contributed by atoms with Gasteiger partial charge in [-0.05, 0) is 50.1 Å². The summed E-state index contributed by atoms with van der Waals surface area (Å²) >= 11 is 6.42. The molecular formula is C21H20ClN3O2. The standard InChI is InChI=1S/C21H20ClN3O2/c1-12(2)25-10-18(22)17-9-15(5-7-19(17)25)21-23-20(24-27-21)16-6-4-14(11-26)8-13(16)3/h4-10,12,26H,11H2,1-3H3. The predicted molar refractivity (Wildman–Crippen MR) is 107 cm³/mol. The maximum atomic E-state index is 9.26. The highest BCUT2D eigenvalue weighted by atomic mass is 35.5. The SMILES string of the molecule is Cc1cc(CO)ccc1-c1noc(-c2ccc3c(c2)c(Cl)cn3C(C)C)n1. The number of aromatic nitrogens is 3. The van der Waals surface area contributed by atoms with Crippen LogP contribution >= 0.6 is 11.6 Å². The third-order valence-corrected chi connectivity index (χ3v) is 5.03. The molecule has 0 amide bonds. The van der Waals surface area contributed by atoms with E-state index in [-0.39, 0.29) is 6.61 Å². The molecule has 0 unspecified atom stereocenters. The van der Waals surface area contributed by atoms with Crippen LogP contribution < -0.4 is 0 Å². The molecule has 0 saturated carbocycles. The van der Waals surface area contributed by atoms with E-state index in [0.29, 0.717) is 22.8 Å². The third-order valence-electron chi connectivity index (χ3n) is 4.73. The Morgan fingerprint density at radius 3 is 2.70 bits per heavy atom. The Kier molecular flexibility index (Phi) is 4.50. The second-order valence-corrected chi connectivity index (χ2v) is 7.35. The zero-order chi connectivity index (χ0) is 19.1. The van der Waals surface area contributed by atoms with E-state index >= 15 is 0 Å². The summed E-state index contributed by atoms with van der Waals surface area (Å²) in [5.74, 6) is 0.976. The molecule has 6 heteroatoms. The van der Waals surface area contributed by atoms with Crippen molar-refractivity contribution in [1.29, 1.82) is 0 Å². The molecular weight excluding hydrogens is 362 g/mol. The van der Waals surface area contributed by atoms with Crippen LogP contribution in [0.5, 0.6) is 0 Å². The molecule has 0 aliphatic heterocycles. The molecule has 27 heavy (non-hydrogen) atoms. The summed E-state index contributed by atoms with van der Waals surface area (Å²) in [6.45, 7) is 6.22. The van der Waals surface area contributed by atoms with Crippen molar-refractivity contribution < 1.29 is 9.63 Å². The Morgan fingerprint density at radius 1 is 1.19 bits per heavy atom. The van der Waals surface area contributed by atoms with Crippen LogP contribution in [-0.4, -0.2) is 19.8 Å². The zero-order valence-corrected chi connectivity index (χ0v) is 16.2. The number of benzene rings is 2. The number of aryl methyl sites for hydroxylation is 1. The van der Waals surface area contributed by atoms with Crippen LogP contribution in [0.2, 0.25) is 5.02 Å². The molecule has 4 aromatic rings. The van der Waals surface area contributed by atoms with Gasteiger partial charge in [0.25, 0.3) is 5.89 Å². The predicted octanol–water partition coefficient (Wildman–Crippen LogP) is 5.39. The molecule has 4 rings (SSSR count). The van der Waals surface area contributed by atoms with Gasteiger partial charge in [-0.3, -0.25) is 0 Å². The number of nitrogens with zero attached hydrogens (tertiary/aromatic N) is 3. The number of hydrogen-bond donors (Lipinski definition) is 1. The van der Waals surface area contributed by atoms with Crippen molar-refractivity contribution in [3.63, 3.8) is 0 Å². The van der Waals surface area contributed by atoms with Gasteiger partial charge in [-0.15, -0.1) is 0 Å². The molecule has 1 N–H and O–H groups in total. The molecule has 0 fully saturated rings. The van der Waals surface area contributed by atoms with Crippen LogP contribution in [-0.2, 0) is 6.61 Å². The van der Waals surface area contributed by atoms with Crippen molar-refractivity contribution in [3.05, 3.63) is 58.7 Å². The fraction of sp³-hybridized carbons (Fsp3) is 0.238. The molecule has 0 spiro atoms. The van der Waals surface area contributed by atoms with Gasteiger partial charge in [0.15, 0.2) is 0 Å². The number of fused-ring (bicyclic) bond motifs is 1. The Hall–Kier alpha value is -2.63. The number of hydrogen-bond acceptors (Lipinski definition) is 4. The van der Waals surface area contributed by atoms with Crippen molar-refractivity contribution in [2.24, 2.45) is 0 Å². The van der Waals surface area contributed by atoms with E-state index in [1.165, 1.54) is 0 Å². The first-order valence-corrected chi connectivity index (χ1v) is 9.20. The largest absolute Gasteiger partial charge is 0.392 e. The summed E-state index contributed by atoms with van der Waals surface area (Å²) in [4.78, 5) is 4.56. The highest BCUT2D eigenvalue weighted by molar-refractivity contribution is 6.35. The minimum absolute atomic E-state index is 0.00934. The molecule has 0 radical (unpaired) electrons. The monoisotopic (exact) mass is 381 g/mol. The van der Waals surface area contributed by atoms with Gasteiger partial charge in [-0.25, -0.2) is 0 Å². The van der Waals surface area contributed by atoms with Gasteiger partial charge in [-0.2, -0.15) is 4.98 Å². The first-order valence-electron chi connectivity index (χ1n) is 8.83. The quantitative estimate of drug-likeness (QED) is 0.514. The lowest BCUT2D eigenvalue weighted by Gasteiger charge is -2.08. The van der Waals surface area contributed by atoms with Gasteiger partial charge >= 0.3 is 0 Å². The second kappa shape index (κ2) is 6.83. The summed E-state index contributed by atoms with van der Waals surface area (Å²) < 4.78 is 7.64. The molecule has 0 atom stereocenters. The topological polar surface area (TPSA) is 64.1 Å². The minimum atomic E-state index is 0.00934. The molecule has 2 heterocycles. The van der Waals surface area contributed by atoms with Crippen molar-refractivity contribution in [3.8, 4) is 22.8 Å². The molecule has 0 aliphatic rings. The van der Waals surface area contributed by atoms with E-state index in [2.05, 4.69) is 28.6 Å². The van der Waals surface area contributed by atoms with E-state index in [0.717, 1.165) is 33.2 Å². The molecule has 0 aliphatic carbocycles. The summed E-state index contributed by atoms with van der Waals surface area (Å²) in [6.07, 6.45) is 1.95. The number of rotatable bonds is 4. The van der Waals surface area contributed by atoms with E-state index in [9.17, 15) is 5.11 Å². The van der Waals surface area contributed by atoms with Crippen LogP contribution in [0.15, 0.2) is 47.1 Å². The fourth-order valence-corrected chi connectivity index (χ4v) is 3.56. The smallest absolute Gasteiger partial charge is 0.258 e. The molecule has 2 aromatic heterocycles. The Morgan fingerprint density at radius 2 is 2.00 bits per heavy atom. The van der Waals surface area contributed by atoms with E-state index in [4.69, 9.17) is 16.1 Å². The van der Waals surface area contributed by atoms with E-state index in [1.54, 1.807) is 0 Å². The average Bonchev–Trinajstić information content (AvgIpc) is 3.26. The van der Waals surface area contributed by atoms with Crippen molar-refractivity contribution in [2.75, 3.05) is 0 Å². The zero-order valence-electron chi connectivity index (χ0n) is 15.4.